The number of carbonyl (C=O) groups is 3. The van der Waals surface area contributed by atoms with E-state index in [2.05, 4.69) is 0 Å². The van der Waals surface area contributed by atoms with E-state index in [4.69, 9.17) is 21.1 Å². The topological polar surface area (TPSA) is 76.2 Å². The van der Waals surface area contributed by atoms with Gasteiger partial charge in [0.1, 0.15) is 12.2 Å². The van der Waals surface area contributed by atoms with E-state index in [0.29, 0.717) is 45.5 Å². The molecule has 7 nitrogen and oxygen atoms in total. The second-order valence-corrected chi connectivity index (χ2v) is 10.9. The van der Waals surface area contributed by atoms with Gasteiger partial charge in [0.15, 0.2) is 11.5 Å². The molecule has 4 amide bonds. The number of imide groups is 2. The molecule has 1 heterocycles. The lowest BCUT2D eigenvalue weighted by Crippen LogP contribution is -2.57. The molecule has 224 valence electrons. The molecule has 6 rings (SSSR count). The number of halogens is 1. The molecular formula is C37H29ClN2O5. The van der Waals surface area contributed by atoms with Gasteiger partial charge in [-0.3, -0.25) is 9.59 Å². The molecule has 45 heavy (non-hydrogen) atoms. The Kier molecular flexibility index (Phi) is 8.36. The minimum Gasteiger partial charge on any atom is -0.490 e. The lowest BCUT2D eigenvalue weighted by molar-refractivity contribution is -0.121. The molecule has 5 aromatic carbocycles. The third kappa shape index (κ3) is 5.90. The molecule has 0 N–H and O–H groups in total. The highest BCUT2D eigenvalue weighted by Gasteiger charge is 2.44. The molecule has 0 unspecified atom stereocenters. The molecule has 0 spiro atoms. The summed E-state index contributed by atoms with van der Waals surface area (Å²) in [6.07, 6.45) is 1.48. The maximum atomic E-state index is 14.1. The summed E-state index contributed by atoms with van der Waals surface area (Å²) in [7, 11) is 0. The standard InChI is InChI=1S/C37H29ClN2O5/c1-3-44-34-22-25(18-19-33(34)45-23-27-12-5-7-16-31(27)38)21-30-35(41)39(28-14-8-10-24(2)20-28)37(43)40(36(30)42)32-17-9-13-26-11-4-6-15-29(26)32/h4-22H,3,23H2,1-2H3/b30-21+. The van der Waals surface area contributed by atoms with Gasteiger partial charge < -0.3 is 9.47 Å². The predicted octanol–water partition coefficient (Wildman–Crippen LogP) is 8.36. The van der Waals surface area contributed by atoms with Crippen LogP contribution in [-0.2, 0) is 16.2 Å². The summed E-state index contributed by atoms with van der Waals surface area (Å²) < 4.78 is 11.9. The maximum absolute atomic E-state index is 14.1. The third-order valence-corrected chi connectivity index (χ3v) is 7.81. The van der Waals surface area contributed by atoms with Gasteiger partial charge in [0.25, 0.3) is 11.8 Å². The van der Waals surface area contributed by atoms with Crippen molar-refractivity contribution in [3.8, 4) is 11.5 Å². The fourth-order valence-corrected chi connectivity index (χ4v) is 5.47. The fraction of sp³-hybridized carbons (Fsp3) is 0.108. The predicted molar refractivity (Wildman–Crippen MR) is 177 cm³/mol. The smallest absolute Gasteiger partial charge is 0.343 e. The molecule has 0 bridgehead atoms. The molecule has 0 atom stereocenters. The summed E-state index contributed by atoms with van der Waals surface area (Å²) in [5, 5.41) is 2.15. The van der Waals surface area contributed by atoms with Crippen molar-refractivity contribution in [1.29, 1.82) is 0 Å². The molecule has 0 aromatic heterocycles. The summed E-state index contributed by atoms with van der Waals surface area (Å²) in [5.41, 5.74) is 2.79. The molecule has 1 saturated heterocycles. The number of rotatable bonds is 8. The van der Waals surface area contributed by atoms with Crippen LogP contribution in [0.25, 0.3) is 16.8 Å². The summed E-state index contributed by atoms with van der Waals surface area (Å²) in [6.45, 7) is 4.32. The maximum Gasteiger partial charge on any atom is 0.343 e. The molecule has 0 radical (unpaired) electrons. The Bertz CT molecular complexity index is 1980. The van der Waals surface area contributed by atoms with E-state index in [9.17, 15) is 14.4 Å². The Balaban J connectivity index is 1.43. The number of ether oxygens (including phenoxy) is 2. The van der Waals surface area contributed by atoms with Crippen LogP contribution in [0.2, 0.25) is 5.02 Å². The first kappa shape index (κ1) is 29.7. The normalized spacial score (nSPS) is 14.4. The van der Waals surface area contributed by atoms with Crippen LogP contribution in [0.1, 0.15) is 23.6 Å². The van der Waals surface area contributed by atoms with Gasteiger partial charge in [0, 0.05) is 16.0 Å². The number of fused-ring (bicyclic) bond motifs is 1. The average Bonchev–Trinajstić information content (AvgIpc) is 3.04. The van der Waals surface area contributed by atoms with Crippen molar-refractivity contribution < 1.29 is 23.9 Å². The van der Waals surface area contributed by atoms with E-state index in [1.165, 1.54) is 6.08 Å². The Labute approximate surface area is 265 Å². The Hall–Kier alpha value is -5.40. The number of benzene rings is 5. The third-order valence-electron chi connectivity index (χ3n) is 7.44. The monoisotopic (exact) mass is 616 g/mol. The van der Waals surface area contributed by atoms with E-state index in [1.807, 2.05) is 68.4 Å². The number of hydrogen-bond acceptors (Lipinski definition) is 5. The van der Waals surface area contributed by atoms with Gasteiger partial charge in [-0.05, 0) is 72.8 Å². The fourth-order valence-electron chi connectivity index (χ4n) is 5.28. The van der Waals surface area contributed by atoms with Crippen LogP contribution >= 0.6 is 11.6 Å². The van der Waals surface area contributed by atoms with E-state index in [0.717, 1.165) is 26.3 Å². The van der Waals surface area contributed by atoms with Crippen molar-refractivity contribution in [2.45, 2.75) is 20.5 Å². The van der Waals surface area contributed by atoms with Crippen molar-refractivity contribution >= 4 is 57.7 Å². The van der Waals surface area contributed by atoms with Crippen molar-refractivity contribution in [2.24, 2.45) is 0 Å². The van der Waals surface area contributed by atoms with Gasteiger partial charge in [-0.25, -0.2) is 14.6 Å². The Morgan fingerprint density at radius 3 is 2.27 bits per heavy atom. The van der Waals surface area contributed by atoms with E-state index in [1.54, 1.807) is 54.6 Å². The van der Waals surface area contributed by atoms with Gasteiger partial charge in [-0.2, -0.15) is 0 Å². The van der Waals surface area contributed by atoms with Gasteiger partial charge in [-0.15, -0.1) is 0 Å². The van der Waals surface area contributed by atoms with Crippen LogP contribution in [0, 0.1) is 6.92 Å². The molecule has 0 aliphatic carbocycles. The van der Waals surface area contributed by atoms with Crippen LogP contribution in [0.4, 0.5) is 16.2 Å². The van der Waals surface area contributed by atoms with E-state index in [-0.39, 0.29) is 12.2 Å². The zero-order chi connectivity index (χ0) is 31.5. The van der Waals surface area contributed by atoms with Crippen molar-refractivity contribution in [1.82, 2.24) is 0 Å². The Morgan fingerprint density at radius 1 is 0.733 bits per heavy atom. The zero-order valence-electron chi connectivity index (χ0n) is 24.7. The summed E-state index contributed by atoms with van der Waals surface area (Å²) >= 11 is 6.30. The van der Waals surface area contributed by atoms with Crippen LogP contribution in [0.5, 0.6) is 11.5 Å². The van der Waals surface area contributed by atoms with Crippen molar-refractivity contribution in [3.05, 3.63) is 136 Å². The minimum absolute atomic E-state index is 0.170. The number of barbiturate groups is 1. The number of hydrogen-bond donors (Lipinski definition) is 0. The van der Waals surface area contributed by atoms with Crippen LogP contribution in [0.15, 0.2) is 115 Å². The largest absolute Gasteiger partial charge is 0.490 e. The van der Waals surface area contributed by atoms with Gasteiger partial charge in [-0.1, -0.05) is 84.4 Å². The number of carbonyl (C=O) groups excluding carboxylic acids is 3. The molecule has 1 aliphatic rings. The quantitative estimate of drug-likeness (QED) is 0.129. The second kappa shape index (κ2) is 12.7. The average molecular weight is 617 g/mol. The minimum atomic E-state index is -0.748. The highest BCUT2D eigenvalue weighted by molar-refractivity contribution is 6.46. The molecular weight excluding hydrogens is 588 g/mol. The van der Waals surface area contributed by atoms with E-state index >= 15 is 0 Å². The van der Waals surface area contributed by atoms with Crippen molar-refractivity contribution in [3.63, 3.8) is 0 Å². The van der Waals surface area contributed by atoms with Crippen LogP contribution in [0.3, 0.4) is 0 Å². The zero-order valence-corrected chi connectivity index (χ0v) is 25.5. The summed E-state index contributed by atoms with van der Waals surface area (Å²) in [5.74, 6) is -0.521. The molecule has 5 aromatic rings. The van der Waals surface area contributed by atoms with Crippen molar-refractivity contribution in [2.75, 3.05) is 16.4 Å². The molecule has 1 fully saturated rings. The number of nitrogens with zero attached hydrogens (tertiary/aromatic N) is 2. The highest BCUT2D eigenvalue weighted by Crippen LogP contribution is 2.35. The van der Waals surface area contributed by atoms with Gasteiger partial charge in [0.2, 0.25) is 0 Å². The Morgan fingerprint density at radius 2 is 1.47 bits per heavy atom. The summed E-state index contributed by atoms with van der Waals surface area (Å²) in [6, 6.07) is 31.7. The van der Waals surface area contributed by atoms with Gasteiger partial charge >= 0.3 is 6.03 Å². The van der Waals surface area contributed by atoms with E-state index < -0.39 is 17.8 Å². The molecule has 8 heteroatoms. The number of urea groups is 1. The number of aryl methyl sites for hydroxylation is 1. The molecule has 0 saturated carbocycles. The first-order valence-electron chi connectivity index (χ1n) is 14.5. The molecule has 1 aliphatic heterocycles. The van der Waals surface area contributed by atoms with Gasteiger partial charge in [0.05, 0.1) is 18.0 Å². The SMILES string of the molecule is CCOc1cc(/C=C2\C(=O)N(c3cccc(C)c3)C(=O)N(c3cccc4ccccc34)C2=O)ccc1OCc1ccccc1Cl. The summed E-state index contributed by atoms with van der Waals surface area (Å²) in [4.78, 5) is 44.3. The first-order chi connectivity index (χ1) is 21.9. The lowest BCUT2D eigenvalue weighted by Gasteiger charge is -2.34. The number of amides is 4. The second-order valence-electron chi connectivity index (χ2n) is 10.5. The highest BCUT2D eigenvalue weighted by atomic mass is 35.5. The van der Waals surface area contributed by atoms with Crippen LogP contribution in [-0.4, -0.2) is 24.5 Å². The first-order valence-corrected chi connectivity index (χ1v) is 14.9. The number of anilines is 2. The lowest BCUT2D eigenvalue weighted by atomic mass is 10.0. The van der Waals surface area contributed by atoms with Crippen LogP contribution < -0.4 is 19.3 Å².